The number of hydrogen-bond donors (Lipinski definition) is 0. The first-order valence-electron chi connectivity index (χ1n) is 12.4. The number of amides is 2. The number of aryl methyl sites for hydroxylation is 1. The molecule has 0 radical (unpaired) electrons. The van der Waals surface area contributed by atoms with Gasteiger partial charge in [0.15, 0.2) is 0 Å². The van der Waals surface area contributed by atoms with Crippen molar-refractivity contribution in [2.24, 2.45) is 0 Å². The van der Waals surface area contributed by atoms with Gasteiger partial charge in [0.2, 0.25) is 5.91 Å². The molecule has 36 heavy (non-hydrogen) atoms. The van der Waals surface area contributed by atoms with E-state index in [1.165, 1.54) is 0 Å². The molecule has 2 amide bonds. The molecule has 6 heteroatoms. The first kappa shape index (κ1) is 27.1. The molecular formula is C30H39N3O3. The van der Waals surface area contributed by atoms with Crippen molar-refractivity contribution < 1.29 is 14.3 Å². The van der Waals surface area contributed by atoms with Gasteiger partial charge in [-0.25, -0.2) is 0 Å². The average Bonchev–Trinajstić information content (AvgIpc) is 3.26. The molecule has 1 heterocycles. The molecule has 0 fully saturated rings. The van der Waals surface area contributed by atoms with Gasteiger partial charge in [-0.3, -0.25) is 9.59 Å². The van der Waals surface area contributed by atoms with Crippen LogP contribution in [0, 0.1) is 6.92 Å². The lowest BCUT2D eigenvalue weighted by Crippen LogP contribution is -2.51. The third-order valence-electron chi connectivity index (χ3n) is 6.33. The summed E-state index contributed by atoms with van der Waals surface area (Å²) in [7, 11) is 1.66. The summed E-state index contributed by atoms with van der Waals surface area (Å²) < 4.78 is 7.52. The Balaban J connectivity index is 1.80. The highest BCUT2D eigenvalue weighted by Gasteiger charge is 2.31. The molecule has 0 unspecified atom stereocenters. The number of methoxy groups -OCH3 is 1. The van der Waals surface area contributed by atoms with Crippen molar-refractivity contribution in [1.29, 1.82) is 0 Å². The van der Waals surface area contributed by atoms with Crippen LogP contribution in [-0.2, 0) is 17.9 Å². The van der Waals surface area contributed by atoms with E-state index >= 15 is 0 Å². The van der Waals surface area contributed by atoms with Gasteiger partial charge in [0.05, 0.1) is 13.7 Å². The number of hydrogen-bond acceptors (Lipinski definition) is 3. The summed E-state index contributed by atoms with van der Waals surface area (Å²) in [5.74, 6) is 0.610. The van der Waals surface area contributed by atoms with Crippen LogP contribution < -0.4 is 4.74 Å². The van der Waals surface area contributed by atoms with Crippen LogP contribution in [0.3, 0.4) is 0 Å². The highest BCUT2D eigenvalue weighted by atomic mass is 16.5. The van der Waals surface area contributed by atoms with Gasteiger partial charge in [-0.15, -0.1) is 0 Å². The summed E-state index contributed by atoms with van der Waals surface area (Å²) in [4.78, 5) is 30.5. The Bertz CT molecular complexity index is 1170. The highest BCUT2D eigenvalue weighted by molar-refractivity contribution is 5.96. The minimum Gasteiger partial charge on any atom is -0.497 e. The van der Waals surface area contributed by atoms with E-state index in [4.69, 9.17) is 4.74 Å². The lowest BCUT2D eigenvalue weighted by Gasteiger charge is -2.38. The van der Waals surface area contributed by atoms with Crippen LogP contribution in [0.5, 0.6) is 5.75 Å². The Morgan fingerprint density at radius 3 is 2.31 bits per heavy atom. The molecule has 3 rings (SSSR count). The van der Waals surface area contributed by atoms with E-state index in [-0.39, 0.29) is 24.4 Å². The van der Waals surface area contributed by atoms with E-state index in [1.54, 1.807) is 12.0 Å². The number of carbonyl (C=O) groups is 2. The summed E-state index contributed by atoms with van der Waals surface area (Å²) >= 11 is 0. The van der Waals surface area contributed by atoms with Crippen molar-refractivity contribution in [3.8, 4) is 5.75 Å². The Kier molecular flexibility index (Phi) is 8.62. The zero-order valence-electron chi connectivity index (χ0n) is 22.6. The average molecular weight is 490 g/mol. The van der Waals surface area contributed by atoms with Gasteiger partial charge in [0.1, 0.15) is 12.3 Å². The lowest BCUT2D eigenvalue weighted by molar-refractivity contribution is -0.138. The molecule has 0 spiro atoms. The van der Waals surface area contributed by atoms with Crippen molar-refractivity contribution >= 4 is 11.8 Å². The molecule has 2 aromatic carbocycles. The molecule has 0 aliphatic carbocycles. The number of nitrogens with zero attached hydrogens (tertiary/aromatic N) is 3. The van der Waals surface area contributed by atoms with E-state index in [2.05, 4.69) is 10.6 Å². The Labute approximate surface area is 215 Å². The molecule has 1 aromatic heterocycles. The van der Waals surface area contributed by atoms with Crippen LogP contribution in [0.15, 0.2) is 66.9 Å². The van der Waals surface area contributed by atoms with Crippen LogP contribution in [0.25, 0.3) is 0 Å². The van der Waals surface area contributed by atoms with E-state index in [9.17, 15) is 9.59 Å². The molecule has 0 saturated carbocycles. The molecule has 6 nitrogen and oxygen atoms in total. The van der Waals surface area contributed by atoms with Gasteiger partial charge in [-0.05, 0) is 83.5 Å². The van der Waals surface area contributed by atoms with Crippen LogP contribution in [0.1, 0.15) is 61.8 Å². The largest absolute Gasteiger partial charge is 0.497 e. The Morgan fingerprint density at radius 2 is 1.69 bits per heavy atom. The summed E-state index contributed by atoms with van der Waals surface area (Å²) in [6, 6.07) is 19.4. The molecule has 0 saturated heterocycles. The fourth-order valence-corrected chi connectivity index (χ4v) is 4.16. The quantitative estimate of drug-likeness (QED) is 0.397. The number of benzene rings is 2. The van der Waals surface area contributed by atoms with E-state index in [0.29, 0.717) is 18.7 Å². The molecule has 192 valence electrons. The van der Waals surface area contributed by atoms with Crippen molar-refractivity contribution in [1.82, 2.24) is 14.4 Å². The van der Waals surface area contributed by atoms with Gasteiger partial charge < -0.3 is 19.1 Å². The zero-order valence-corrected chi connectivity index (χ0v) is 22.6. The predicted octanol–water partition coefficient (Wildman–Crippen LogP) is 5.53. The first-order valence-corrected chi connectivity index (χ1v) is 12.4. The molecule has 0 N–H and O–H groups in total. The molecular weight excluding hydrogens is 450 g/mol. The molecule has 3 aromatic rings. The van der Waals surface area contributed by atoms with Gasteiger partial charge >= 0.3 is 0 Å². The highest BCUT2D eigenvalue weighted by Crippen LogP contribution is 2.21. The number of rotatable bonds is 9. The maximum Gasteiger partial charge on any atom is 0.254 e. The second-order valence-corrected chi connectivity index (χ2v) is 10.5. The number of carbonyl (C=O) groups excluding carboxylic acids is 2. The predicted molar refractivity (Wildman–Crippen MR) is 144 cm³/mol. The third kappa shape index (κ3) is 6.78. The topological polar surface area (TPSA) is 54.8 Å². The SMILES string of the molecule is COc1cccc(Cn2cccc2CN(C(=O)CN(C(=O)c2ccc(C)cc2)C(C)C)C(C)(C)C)c1. The van der Waals surface area contributed by atoms with Crippen LogP contribution in [0.4, 0.5) is 0 Å². The fourth-order valence-electron chi connectivity index (χ4n) is 4.16. The summed E-state index contributed by atoms with van der Waals surface area (Å²) in [6.45, 7) is 13.1. The van der Waals surface area contributed by atoms with Crippen LogP contribution >= 0.6 is 0 Å². The maximum absolute atomic E-state index is 13.7. The van der Waals surface area contributed by atoms with Crippen LogP contribution in [0.2, 0.25) is 0 Å². The number of ether oxygens (including phenoxy) is 1. The summed E-state index contributed by atoms with van der Waals surface area (Å²) in [5.41, 5.74) is 3.42. The van der Waals surface area contributed by atoms with Crippen molar-refractivity contribution in [3.05, 3.63) is 89.2 Å². The smallest absolute Gasteiger partial charge is 0.254 e. The summed E-state index contributed by atoms with van der Waals surface area (Å²) in [5, 5.41) is 0. The van der Waals surface area contributed by atoms with Crippen molar-refractivity contribution in [2.75, 3.05) is 13.7 Å². The molecule has 0 aliphatic rings. The minimum absolute atomic E-state index is 0.0260. The lowest BCUT2D eigenvalue weighted by atomic mass is 10.0. The third-order valence-corrected chi connectivity index (χ3v) is 6.33. The van der Waals surface area contributed by atoms with Crippen molar-refractivity contribution in [2.45, 2.75) is 66.2 Å². The van der Waals surface area contributed by atoms with E-state index in [1.807, 2.05) is 107 Å². The van der Waals surface area contributed by atoms with E-state index in [0.717, 1.165) is 22.6 Å². The molecule has 0 aliphatic heterocycles. The summed E-state index contributed by atoms with van der Waals surface area (Å²) in [6.07, 6.45) is 2.03. The normalized spacial score (nSPS) is 11.4. The van der Waals surface area contributed by atoms with Crippen LogP contribution in [-0.4, -0.2) is 51.4 Å². The fraction of sp³-hybridized carbons (Fsp3) is 0.400. The second kappa shape index (κ2) is 11.5. The van der Waals surface area contributed by atoms with Gasteiger partial charge in [0, 0.05) is 35.6 Å². The molecule has 0 atom stereocenters. The molecule has 0 bridgehead atoms. The number of aromatic nitrogens is 1. The van der Waals surface area contributed by atoms with Gasteiger partial charge in [-0.2, -0.15) is 0 Å². The first-order chi connectivity index (χ1) is 17.0. The Morgan fingerprint density at radius 1 is 1.00 bits per heavy atom. The maximum atomic E-state index is 13.7. The monoisotopic (exact) mass is 489 g/mol. The van der Waals surface area contributed by atoms with Gasteiger partial charge in [0.25, 0.3) is 5.91 Å². The Hall–Kier alpha value is -3.54. The minimum atomic E-state index is -0.419. The van der Waals surface area contributed by atoms with Crippen molar-refractivity contribution in [3.63, 3.8) is 0 Å². The standard InChI is InChI=1S/C30H39N3O3/c1-22(2)32(29(35)25-15-13-23(3)14-16-25)21-28(34)33(30(4,5)6)20-26-11-9-17-31(26)19-24-10-8-12-27(18-24)36-7/h8-18,22H,19-21H2,1-7H3. The zero-order chi connectivity index (χ0) is 26.5. The van der Waals surface area contributed by atoms with Gasteiger partial charge in [-0.1, -0.05) is 29.8 Å². The van der Waals surface area contributed by atoms with E-state index < -0.39 is 5.54 Å². The second-order valence-electron chi connectivity index (χ2n) is 10.5.